The molecule has 0 radical (unpaired) electrons. The molecule has 0 fully saturated rings. The molecule has 0 aliphatic carbocycles. The minimum atomic E-state index is -4.54. The molecule has 0 saturated carbocycles. The third kappa shape index (κ3) is 3.52. The first-order valence-electron chi connectivity index (χ1n) is 7.07. The minimum Gasteiger partial charge on any atom is -0.401 e. The molecular weight excluding hydrogens is 339 g/mol. The van der Waals surface area contributed by atoms with Crippen molar-refractivity contribution in [3.8, 4) is 11.6 Å². The molecule has 1 aromatic carbocycles. The molecule has 1 amide bonds. The van der Waals surface area contributed by atoms with Crippen molar-refractivity contribution < 1.29 is 22.4 Å². The van der Waals surface area contributed by atoms with E-state index in [1.165, 1.54) is 6.07 Å². The van der Waals surface area contributed by atoms with Gasteiger partial charge < -0.3 is 4.42 Å². The highest BCUT2D eigenvalue weighted by molar-refractivity contribution is 6.03. The summed E-state index contributed by atoms with van der Waals surface area (Å²) in [6, 6.07) is 5.50. The van der Waals surface area contributed by atoms with E-state index in [-0.39, 0.29) is 17.5 Å². The van der Waals surface area contributed by atoms with E-state index < -0.39 is 17.6 Å². The number of anilines is 1. The van der Waals surface area contributed by atoms with Crippen LogP contribution in [0, 0.1) is 6.92 Å². The van der Waals surface area contributed by atoms with Gasteiger partial charge in [-0.1, -0.05) is 11.2 Å². The number of aryl methyl sites for hydroxylation is 2. The van der Waals surface area contributed by atoms with E-state index in [0.29, 0.717) is 5.69 Å². The zero-order valence-electron chi connectivity index (χ0n) is 13.1. The van der Waals surface area contributed by atoms with Crippen molar-refractivity contribution in [1.29, 1.82) is 0 Å². The van der Waals surface area contributed by atoms with Gasteiger partial charge in [-0.2, -0.15) is 18.3 Å². The summed E-state index contributed by atoms with van der Waals surface area (Å²) in [5, 5.41) is 13.8. The summed E-state index contributed by atoms with van der Waals surface area (Å²) in [6.07, 6.45) is -4.54. The lowest BCUT2D eigenvalue weighted by Crippen LogP contribution is -2.14. The van der Waals surface area contributed by atoms with Crippen molar-refractivity contribution in [1.82, 2.24) is 20.0 Å². The maximum atomic E-state index is 12.7. The van der Waals surface area contributed by atoms with Crippen molar-refractivity contribution in [2.75, 3.05) is 5.32 Å². The molecule has 0 unspecified atom stereocenters. The van der Waals surface area contributed by atoms with Gasteiger partial charge in [0.25, 0.3) is 11.8 Å². The SMILES string of the molecule is Cc1cc(-c2nnc(NC(=O)c3cccc(C(F)(F)F)c3)o2)nn1C. The summed E-state index contributed by atoms with van der Waals surface area (Å²) in [4.78, 5) is 12.1. The number of halogens is 3. The van der Waals surface area contributed by atoms with Crippen LogP contribution in [0.3, 0.4) is 0 Å². The number of alkyl halides is 3. The molecule has 10 heteroatoms. The fourth-order valence-electron chi connectivity index (χ4n) is 2.05. The van der Waals surface area contributed by atoms with Gasteiger partial charge in [0, 0.05) is 18.3 Å². The maximum Gasteiger partial charge on any atom is 0.416 e. The average molecular weight is 351 g/mol. The number of carbonyl (C=O) groups excluding carboxylic acids is 1. The molecule has 0 saturated heterocycles. The van der Waals surface area contributed by atoms with Gasteiger partial charge in [-0.05, 0) is 31.2 Å². The number of amides is 1. The first kappa shape index (κ1) is 16.7. The molecule has 2 heterocycles. The standard InChI is InChI=1S/C15H12F3N5O2/c1-8-6-11(22-23(8)2)13-20-21-14(25-13)19-12(24)9-4-3-5-10(7-9)15(16,17)18/h3-7H,1-2H3,(H,19,21,24). The Bertz CT molecular complexity index is 910. The Kier molecular flexibility index (Phi) is 4.03. The third-order valence-electron chi connectivity index (χ3n) is 3.43. The molecule has 0 aliphatic heterocycles. The quantitative estimate of drug-likeness (QED) is 0.784. The van der Waals surface area contributed by atoms with Crippen molar-refractivity contribution in [2.24, 2.45) is 7.05 Å². The zero-order valence-corrected chi connectivity index (χ0v) is 13.1. The van der Waals surface area contributed by atoms with Crippen LogP contribution in [0.2, 0.25) is 0 Å². The number of hydrogen-bond donors (Lipinski definition) is 1. The molecule has 3 rings (SSSR count). The Morgan fingerprint density at radius 2 is 2.00 bits per heavy atom. The van der Waals surface area contributed by atoms with E-state index in [4.69, 9.17) is 4.42 Å². The lowest BCUT2D eigenvalue weighted by atomic mass is 10.1. The highest BCUT2D eigenvalue weighted by Gasteiger charge is 2.31. The van der Waals surface area contributed by atoms with Crippen molar-refractivity contribution >= 4 is 11.9 Å². The smallest absolute Gasteiger partial charge is 0.401 e. The second-order valence-electron chi connectivity index (χ2n) is 5.24. The van der Waals surface area contributed by atoms with Gasteiger partial charge in [0.1, 0.15) is 5.69 Å². The second kappa shape index (κ2) is 6.04. The van der Waals surface area contributed by atoms with Crippen LogP contribution in [0.5, 0.6) is 0 Å². The zero-order chi connectivity index (χ0) is 18.2. The molecule has 2 aromatic heterocycles. The van der Waals surface area contributed by atoms with E-state index in [1.54, 1.807) is 17.8 Å². The highest BCUT2D eigenvalue weighted by atomic mass is 19.4. The molecule has 130 valence electrons. The molecule has 7 nitrogen and oxygen atoms in total. The number of benzene rings is 1. The van der Waals surface area contributed by atoms with Gasteiger partial charge in [-0.25, -0.2) is 0 Å². The molecular formula is C15H12F3N5O2. The summed E-state index contributed by atoms with van der Waals surface area (Å²) in [5.41, 5.74) is 0.188. The summed E-state index contributed by atoms with van der Waals surface area (Å²) < 4.78 is 45.0. The van der Waals surface area contributed by atoms with E-state index >= 15 is 0 Å². The number of aromatic nitrogens is 4. The van der Waals surface area contributed by atoms with Crippen LogP contribution in [-0.2, 0) is 13.2 Å². The number of nitrogens with one attached hydrogen (secondary N) is 1. The fourth-order valence-corrected chi connectivity index (χ4v) is 2.05. The van der Waals surface area contributed by atoms with Crippen molar-refractivity contribution in [3.63, 3.8) is 0 Å². The molecule has 0 atom stereocenters. The summed E-state index contributed by atoms with van der Waals surface area (Å²) >= 11 is 0. The van der Waals surface area contributed by atoms with Crippen LogP contribution in [-0.4, -0.2) is 25.9 Å². The normalized spacial score (nSPS) is 11.6. The first-order chi connectivity index (χ1) is 11.7. The van der Waals surface area contributed by atoms with Gasteiger partial charge in [0.2, 0.25) is 0 Å². The first-order valence-corrected chi connectivity index (χ1v) is 7.07. The maximum absolute atomic E-state index is 12.7. The van der Waals surface area contributed by atoms with Gasteiger partial charge in [-0.3, -0.25) is 14.8 Å². The van der Waals surface area contributed by atoms with Gasteiger partial charge in [0.05, 0.1) is 5.56 Å². The Hall–Kier alpha value is -3.17. The number of hydrogen-bond acceptors (Lipinski definition) is 5. The third-order valence-corrected chi connectivity index (χ3v) is 3.43. The molecule has 3 aromatic rings. The van der Waals surface area contributed by atoms with E-state index in [0.717, 1.165) is 23.9 Å². The van der Waals surface area contributed by atoms with Gasteiger partial charge in [-0.15, -0.1) is 5.10 Å². The summed E-state index contributed by atoms with van der Waals surface area (Å²) in [6.45, 7) is 1.84. The van der Waals surface area contributed by atoms with Crippen molar-refractivity contribution in [2.45, 2.75) is 13.1 Å². The van der Waals surface area contributed by atoms with Crippen LogP contribution < -0.4 is 5.32 Å². The Labute approximate surface area is 139 Å². The Balaban J connectivity index is 1.78. The van der Waals surface area contributed by atoms with Crippen LogP contribution in [0.1, 0.15) is 21.6 Å². The largest absolute Gasteiger partial charge is 0.416 e. The minimum absolute atomic E-state index is 0.0862. The Morgan fingerprint density at radius 1 is 1.24 bits per heavy atom. The monoisotopic (exact) mass is 351 g/mol. The van der Waals surface area contributed by atoms with E-state index in [1.807, 2.05) is 6.92 Å². The van der Waals surface area contributed by atoms with Gasteiger partial charge >= 0.3 is 12.2 Å². The Morgan fingerprint density at radius 3 is 2.64 bits per heavy atom. The lowest BCUT2D eigenvalue weighted by Gasteiger charge is -2.07. The number of nitrogens with zero attached hydrogens (tertiary/aromatic N) is 4. The predicted octanol–water partition coefficient (Wildman–Crippen LogP) is 3.05. The number of rotatable bonds is 3. The summed E-state index contributed by atoms with van der Waals surface area (Å²) in [7, 11) is 1.74. The predicted molar refractivity (Wildman–Crippen MR) is 80.6 cm³/mol. The fraction of sp³-hybridized carbons (Fsp3) is 0.200. The second-order valence-corrected chi connectivity index (χ2v) is 5.24. The van der Waals surface area contributed by atoms with Crippen molar-refractivity contribution in [3.05, 3.63) is 47.2 Å². The molecule has 0 aliphatic rings. The van der Waals surface area contributed by atoms with E-state index in [2.05, 4.69) is 20.6 Å². The van der Waals surface area contributed by atoms with E-state index in [9.17, 15) is 18.0 Å². The van der Waals surface area contributed by atoms with Crippen LogP contribution in [0.4, 0.5) is 19.2 Å². The van der Waals surface area contributed by atoms with Crippen LogP contribution in [0.15, 0.2) is 34.7 Å². The molecule has 25 heavy (non-hydrogen) atoms. The topological polar surface area (TPSA) is 85.8 Å². The average Bonchev–Trinajstić information content (AvgIpc) is 3.14. The highest BCUT2D eigenvalue weighted by Crippen LogP contribution is 2.29. The molecule has 1 N–H and O–H groups in total. The molecule has 0 bridgehead atoms. The lowest BCUT2D eigenvalue weighted by molar-refractivity contribution is -0.137. The molecule has 0 spiro atoms. The summed E-state index contributed by atoms with van der Waals surface area (Å²) in [5.74, 6) is -0.707. The van der Waals surface area contributed by atoms with Gasteiger partial charge in [0.15, 0.2) is 0 Å². The number of carbonyl (C=O) groups is 1. The van der Waals surface area contributed by atoms with Crippen LogP contribution in [0.25, 0.3) is 11.6 Å². The van der Waals surface area contributed by atoms with Crippen LogP contribution >= 0.6 is 0 Å².